The monoisotopic (exact) mass is 454 g/mol. The second-order valence-corrected chi connectivity index (χ2v) is 8.71. The largest absolute Gasteiger partial charge is 0.459 e. The number of likely N-dealkylation sites (N-methyl/N-ethyl adjacent to an activating group) is 2. The Bertz CT molecular complexity index is 1160. The number of carbonyl (C=O) groups is 3. The highest BCUT2D eigenvalue weighted by atomic mass is 16.3. The molecule has 5 rings (SSSR count). The van der Waals surface area contributed by atoms with Crippen molar-refractivity contribution in [1.82, 2.24) is 24.2 Å². The molecule has 1 unspecified atom stereocenters. The number of aromatic nitrogens is 2. The summed E-state index contributed by atoms with van der Waals surface area (Å²) in [6.45, 7) is 8.35. The van der Waals surface area contributed by atoms with Gasteiger partial charge in [-0.3, -0.25) is 24.3 Å². The Morgan fingerprint density at radius 3 is 2.55 bits per heavy atom. The fourth-order valence-corrected chi connectivity index (χ4v) is 4.82. The van der Waals surface area contributed by atoms with Crippen LogP contribution in [0.25, 0.3) is 0 Å². The standard InChI is InChI=1S/C22H28N7O4/c1-14-15(2)29-17-18(24(3)22(32)25(4)20(17)31)23-21(29)28(14)12-9-26-7-10-27(11-8-26)19(30)16-6-5-13-33-16/h5-6,13,17H,7-12H2,1-4H3/q+1. The lowest BCUT2D eigenvalue weighted by molar-refractivity contribution is -0.688. The Morgan fingerprint density at radius 2 is 1.88 bits per heavy atom. The molecule has 3 aliphatic heterocycles. The molecular formula is C22H28N7O4+. The summed E-state index contributed by atoms with van der Waals surface area (Å²) in [6.07, 6.45) is 1.51. The number of fused-ring (bicyclic) bond motifs is 3. The van der Waals surface area contributed by atoms with Crippen LogP contribution in [0.15, 0.2) is 27.8 Å². The van der Waals surface area contributed by atoms with Crippen molar-refractivity contribution in [3.05, 3.63) is 35.5 Å². The van der Waals surface area contributed by atoms with Gasteiger partial charge < -0.3 is 9.32 Å². The van der Waals surface area contributed by atoms with Gasteiger partial charge in [-0.1, -0.05) is 4.99 Å². The highest BCUT2D eigenvalue weighted by Gasteiger charge is 2.53. The van der Waals surface area contributed by atoms with E-state index in [4.69, 9.17) is 9.41 Å². The fourth-order valence-electron chi connectivity index (χ4n) is 4.82. The molecule has 0 radical (unpaired) electrons. The van der Waals surface area contributed by atoms with Crippen molar-refractivity contribution in [2.24, 2.45) is 4.99 Å². The maximum Gasteiger partial charge on any atom is 0.402 e. The molecule has 1 atom stereocenters. The lowest BCUT2D eigenvalue weighted by Gasteiger charge is -2.34. The topological polar surface area (TPSA) is 98.5 Å². The first kappa shape index (κ1) is 21.4. The molecule has 11 nitrogen and oxygen atoms in total. The van der Waals surface area contributed by atoms with Crippen LogP contribution in [0.4, 0.5) is 10.7 Å². The van der Waals surface area contributed by atoms with Crippen molar-refractivity contribution in [1.29, 1.82) is 0 Å². The van der Waals surface area contributed by atoms with E-state index in [1.165, 1.54) is 18.2 Å². The van der Waals surface area contributed by atoms with Gasteiger partial charge in [-0.15, -0.1) is 0 Å². The first-order chi connectivity index (χ1) is 15.8. The van der Waals surface area contributed by atoms with Gasteiger partial charge in [-0.2, -0.15) is 0 Å². The molecule has 0 bridgehead atoms. The smallest absolute Gasteiger partial charge is 0.402 e. The number of hydrogen-bond donors (Lipinski definition) is 0. The number of amides is 4. The third kappa shape index (κ3) is 3.26. The molecule has 3 aliphatic rings. The number of rotatable bonds is 4. The molecule has 11 heteroatoms. The highest BCUT2D eigenvalue weighted by molar-refractivity contribution is 6.20. The third-order valence-electron chi connectivity index (χ3n) is 6.98. The molecule has 0 N–H and O–H groups in total. The normalized spacial score (nSPS) is 20.9. The van der Waals surface area contributed by atoms with E-state index in [1.54, 1.807) is 19.2 Å². The number of imide groups is 1. The molecule has 4 amide bonds. The van der Waals surface area contributed by atoms with Crippen LogP contribution < -0.4 is 4.57 Å². The predicted molar refractivity (Wildman–Crippen MR) is 117 cm³/mol. The van der Waals surface area contributed by atoms with Gasteiger partial charge >= 0.3 is 12.0 Å². The SMILES string of the molecule is Cc1c(C)[n+](CCN2CCN(C(=O)c3ccco3)CC2)c2n1C1C(=O)N(C)C(=O)N(C)C1=N2. The van der Waals surface area contributed by atoms with Crippen molar-refractivity contribution in [2.75, 3.05) is 46.8 Å². The van der Waals surface area contributed by atoms with E-state index in [0.29, 0.717) is 37.2 Å². The number of urea groups is 1. The summed E-state index contributed by atoms with van der Waals surface area (Å²) >= 11 is 0. The van der Waals surface area contributed by atoms with Crippen molar-refractivity contribution in [2.45, 2.75) is 26.4 Å². The summed E-state index contributed by atoms with van der Waals surface area (Å²) in [5.74, 6) is 1.20. The molecular weight excluding hydrogens is 426 g/mol. The maximum absolute atomic E-state index is 12.9. The van der Waals surface area contributed by atoms with E-state index in [2.05, 4.69) is 9.47 Å². The number of nitrogens with zero attached hydrogens (tertiary/aromatic N) is 7. The maximum atomic E-state index is 12.9. The Hall–Kier alpha value is -3.47. The molecule has 2 saturated heterocycles. The summed E-state index contributed by atoms with van der Waals surface area (Å²) in [5, 5.41) is 0. The van der Waals surface area contributed by atoms with Crippen LogP contribution in [-0.4, -0.2) is 94.7 Å². The number of aliphatic imine (C=N–C) groups is 1. The summed E-state index contributed by atoms with van der Waals surface area (Å²) in [7, 11) is 3.16. The van der Waals surface area contributed by atoms with E-state index in [9.17, 15) is 14.4 Å². The molecule has 5 heterocycles. The van der Waals surface area contributed by atoms with E-state index < -0.39 is 6.04 Å². The zero-order valence-electron chi connectivity index (χ0n) is 19.3. The van der Waals surface area contributed by atoms with Crippen molar-refractivity contribution in [3.8, 4) is 0 Å². The minimum Gasteiger partial charge on any atom is -0.459 e. The Morgan fingerprint density at radius 1 is 1.15 bits per heavy atom. The van der Waals surface area contributed by atoms with Crippen molar-refractivity contribution in [3.63, 3.8) is 0 Å². The zero-order chi connectivity index (χ0) is 23.4. The molecule has 33 heavy (non-hydrogen) atoms. The van der Waals surface area contributed by atoms with Gasteiger partial charge in [0, 0.05) is 46.8 Å². The van der Waals surface area contributed by atoms with Crippen LogP contribution in [-0.2, 0) is 11.3 Å². The van der Waals surface area contributed by atoms with E-state index in [1.807, 2.05) is 23.3 Å². The molecule has 0 aromatic carbocycles. The molecule has 2 fully saturated rings. The third-order valence-corrected chi connectivity index (χ3v) is 6.98. The van der Waals surface area contributed by atoms with Crippen molar-refractivity contribution >= 4 is 29.6 Å². The van der Waals surface area contributed by atoms with Crippen LogP contribution in [0, 0.1) is 13.8 Å². The van der Waals surface area contributed by atoms with Gasteiger partial charge in [0.05, 0.1) is 12.8 Å². The second kappa shape index (κ2) is 7.84. The summed E-state index contributed by atoms with van der Waals surface area (Å²) in [6, 6.07) is 2.43. The Kier molecular flexibility index (Phi) is 5.08. The second-order valence-electron chi connectivity index (χ2n) is 8.71. The average Bonchev–Trinajstić information content (AvgIpc) is 3.54. The fraction of sp³-hybridized carbons (Fsp3) is 0.500. The number of hydrogen-bond acceptors (Lipinski definition) is 6. The first-order valence-corrected chi connectivity index (χ1v) is 11.1. The van der Waals surface area contributed by atoms with Crippen LogP contribution >= 0.6 is 0 Å². The molecule has 0 saturated carbocycles. The van der Waals surface area contributed by atoms with Crippen LogP contribution in [0.2, 0.25) is 0 Å². The van der Waals surface area contributed by atoms with Crippen LogP contribution in [0.3, 0.4) is 0 Å². The van der Waals surface area contributed by atoms with Crippen molar-refractivity contribution < 1.29 is 23.4 Å². The van der Waals surface area contributed by atoms with Gasteiger partial charge in [0.2, 0.25) is 11.9 Å². The lowest BCUT2D eigenvalue weighted by Crippen LogP contribution is -2.56. The Labute approximate surface area is 191 Å². The number of carbonyl (C=O) groups excluding carboxylic acids is 3. The van der Waals surface area contributed by atoms with Crippen LogP contribution in [0.5, 0.6) is 0 Å². The quantitative estimate of drug-likeness (QED) is 0.629. The van der Waals surface area contributed by atoms with Crippen LogP contribution in [0.1, 0.15) is 28.0 Å². The van der Waals surface area contributed by atoms with Gasteiger partial charge in [0.15, 0.2) is 5.76 Å². The van der Waals surface area contributed by atoms with Gasteiger partial charge in [-0.05, 0) is 26.0 Å². The molecule has 174 valence electrons. The molecule has 0 aliphatic carbocycles. The minimum atomic E-state index is -0.608. The summed E-state index contributed by atoms with van der Waals surface area (Å²) in [4.78, 5) is 49.2. The molecule has 2 aromatic heterocycles. The van der Waals surface area contributed by atoms with E-state index in [-0.39, 0.29) is 17.8 Å². The van der Waals surface area contributed by atoms with E-state index in [0.717, 1.165) is 35.9 Å². The molecule has 0 spiro atoms. The van der Waals surface area contributed by atoms with Gasteiger partial charge in [0.1, 0.15) is 11.4 Å². The number of furan rings is 1. The average molecular weight is 455 g/mol. The zero-order valence-corrected chi connectivity index (χ0v) is 19.3. The van der Waals surface area contributed by atoms with Gasteiger partial charge in [-0.25, -0.2) is 13.9 Å². The molecule has 2 aromatic rings. The summed E-state index contributed by atoms with van der Waals surface area (Å²) in [5.41, 5.74) is 2.02. The predicted octanol–water partition coefficient (Wildman–Crippen LogP) is 0.552. The number of imidazole rings is 1. The van der Waals surface area contributed by atoms with E-state index >= 15 is 0 Å². The minimum absolute atomic E-state index is 0.0718. The highest BCUT2D eigenvalue weighted by Crippen LogP contribution is 2.34. The Balaban J connectivity index is 1.29. The number of amidine groups is 1. The lowest BCUT2D eigenvalue weighted by atomic mass is 10.1. The van der Waals surface area contributed by atoms with Gasteiger partial charge in [0.25, 0.3) is 11.8 Å². The summed E-state index contributed by atoms with van der Waals surface area (Å²) < 4.78 is 9.29. The number of piperazine rings is 1. The first-order valence-electron chi connectivity index (χ1n) is 11.1.